The predicted molar refractivity (Wildman–Crippen MR) is 89.9 cm³/mol. The molecule has 0 saturated heterocycles. The van der Waals surface area contributed by atoms with Crippen LogP contribution in [0.5, 0.6) is 5.75 Å². The van der Waals surface area contributed by atoms with Gasteiger partial charge in [-0.05, 0) is 32.3 Å². The topological polar surface area (TPSA) is 52.8 Å². The molecule has 0 amide bonds. The van der Waals surface area contributed by atoms with Crippen molar-refractivity contribution in [2.24, 2.45) is 0 Å². The third-order valence-corrected chi connectivity index (χ3v) is 5.30. The van der Waals surface area contributed by atoms with Gasteiger partial charge < -0.3 is 9.84 Å². The number of ether oxygens (including phenoxy) is 1. The van der Waals surface area contributed by atoms with Crippen LogP contribution < -0.4 is 4.74 Å². The number of nitrogens with zero attached hydrogens (tertiary/aromatic N) is 2. The van der Waals surface area contributed by atoms with Crippen molar-refractivity contribution in [2.45, 2.75) is 38.7 Å². The Balaban J connectivity index is 1.73. The van der Waals surface area contributed by atoms with E-state index in [2.05, 4.69) is 9.48 Å². The average Bonchev–Trinajstić information content (AvgIpc) is 2.83. The van der Waals surface area contributed by atoms with Gasteiger partial charge >= 0.3 is 5.97 Å². The molecule has 0 fully saturated rings. The average molecular weight is 327 g/mol. The van der Waals surface area contributed by atoms with Crippen LogP contribution in [0.15, 0.2) is 35.5 Å². The Hall–Kier alpha value is -2.14. The number of rotatable bonds is 1. The molecule has 3 aliphatic heterocycles. The van der Waals surface area contributed by atoms with Crippen molar-refractivity contribution in [3.05, 3.63) is 41.1 Å². The predicted octanol–water partition coefficient (Wildman–Crippen LogP) is 2.21. The van der Waals surface area contributed by atoms with Gasteiger partial charge in [-0.1, -0.05) is 18.2 Å². The standard InChI is InChI=1S/C19H23N2O3/c1-13(21-12-11-20-10-6-2-3-9-16(20)21)17-18(22)14-7-4-5-8-15(14)24-19(17)23/h4-5,7-8,18,22H,2-3,6,9-12H2,1H3/q+1/b17-13-. The maximum Gasteiger partial charge on any atom is 0.346 e. The third kappa shape index (κ3) is 2.44. The number of para-hydroxylation sites is 1. The molecule has 5 nitrogen and oxygen atoms in total. The smallest absolute Gasteiger partial charge is 0.346 e. The van der Waals surface area contributed by atoms with Gasteiger partial charge in [0.25, 0.3) is 5.84 Å². The Morgan fingerprint density at radius 1 is 1.25 bits per heavy atom. The quantitative estimate of drug-likeness (QED) is 0.372. The van der Waals surface area contributed by atoms with Gasteiger partial charge in [-0.25, -0.2) is 9.69 Å². The van der Waals surface area contributed by atoms with Crippen LogP contribution in [0.4, 0.5) is 0 Å². The summed E-state index contributed by atoms with van der Waals surface area (Å²) in [6.07, 6.45) is 3.77. The monoisotopic (exact) mass is 327 g/mol. The first kappa shape index (κ1) is 15.4. The van der Waals surface area contributed by atoms with E-state index in [0.29, 0.717) is 16.9 Å². The van der Waals surface area contributed by atoms with E-state index < -0.39 is 12.1 Å². The van der Waals surface area contributed by atoms with Crippen LogP contribution in [0, 0.1) is 0 Å². The van der Waals surface area contributed by atoms with E-state index in [-0.39, 0.29) is 0 Å². The second-order valence-electron chi connectivity index (χ2n) is 6.69. The largest absolute Gasteiger partial charge is 0.423 e. The molecule has 3 heterocycles. The number of allylic oxidation sites excluding steroid dienone is 1. The van der Waals surface area contributed by atoms with Gasteiger partial charge in [-0.3, -0.25) is 4.58 Å². The van der Waals surface area contributed by atoms with Crippen molar-refractivity contribution in [2.75, 3.05) is 19.6 Å². The highest BCUT2D eigenvalue weighted by molar-refractivity contribution is 5.95. The Morgan fingerprint density at radius 3 is 2.96 bits per heavy atom. The number of carbonyl (C=O) groups excluding carboxylic acids is 1. The molecule has 1 atom stereocenters. The fourth-order valence-corrected chi connectivity index (χ4v) is 4.02. The second-order valence-corrected chi connectivity index (χ2v) is 6.69. The minimum atomic E-state index is -0.928. The molecule has 1 aromatic carbocycles. The van der Waals surface area contributed by atoms with Crippen molar-refractivity contribution < 1.29 is 19.2 Å². The van der Waals surface area contributed by atoms with E-state index in [1.165, 1.54) is 25.1 Å². The molecule has 126 valence electrons. The van der Waals surface area contributed by atoms with Crippen molar-refractivity contribution >= 4 is 11.8 Å². The van der Waals surface area contributed by atoms with Gasteiger partial charge in [-0.15, -0.1) is 0 Å². The number of esters is 1. The lowest BCUT2D eigenvalue weighted by Crippen LogP contribution is -2.33. The molecule has 0 saturated carbocycles. The Bertz CT molecular complexity index is 751. The Morgan fingerprint density at radius 2 is 2.08 bits per heavy atom. The summed E-state index contributed by atoms with van der Waals surface area (Å²) in [5.74, 6) is 1.31. The summed E-state index contributed by atoms with van der Waals surface area (Å²) >= 11 is 0. The summed E-state index contributed by atoms with van der Waals surface area (Å²) < 4.78 is 7.87. The minimum Gasteiger partial charge on any atom is -0.423 e. The van der Waals surface area contributed by atoms with Crippen LogP contribution in [0.25, 0.3) is 0 Å². The summed E-state index contributed by atoms with van der Waals surface area (Å²) in [4.78, 5) is 14.7. The normalized spacial score (nSPS) is 25.8. The highest BCUT2D eigenvalue weighted by atomic mass is 16.5. The van der Waals surface area contributed by atoms with Gasteiger partial charge in [0, 0.05) is 12.0 Å². The summed E-state index contributed by atoms with van der Waals surface area (Å²) in [7, 11) is 0. The van der Waals surface area contributed by atoms with Crippen LogP contribution in [0.3, 0.4) is 0 Å². The Kier molecular flexibility index (Phi) is 3.88. The van der Waals surface area contributed by atoms with E-state index >= 15 is 0 Å². The highest BCUT2D eigenvalue weighted by Gasteiger charge is 2.39. The molecular weight excluding hydrogens is 304 g/mol. The van der Waals surface area contributed by atoms with Gasteiger partial charge in [0.15, 0.2) is 0 Å². The number of fused-ring (bicyclic) bond motifs is 1. The SMILES string of the molecule is C/C(=C1/C(=O)Oc2ccccc2C1O)N1CC[N+]2=C1CCCCC2. The second kappa shape index (κ2) is 6.06. The molecule has 0 bridgehead atoms. The zero-order chi connectivity index (χ0) is 16.7. The van der Waals surface area contributed by atoms with Gasteiger partial charge in [-0.2, -0.15) is 0 Å². The molecule has 3 aliphatic rings. The van der Waals surface area contributed by atoms with Crippen molar-refractivity contribution in [1.82, 2.24) is 4.90 Å². The molecule has 0 aromatic heterocycles. The molecule has 1 N–H and O–H groups in total. The van der Waals surface area contributed by atoms with Crippen LogP contribution in [-0.2, 0) is 4.79 Å². The number of aliphatic hydroxyl groups excluding tert-OH is 1. The molecule has 0 radical (unpaired) electrons. The van der Waals surface area contributed by atoms with Crippen molar-refractivity contribution in [3.8, 4) is 5.75 Å². The number of hydrogen-bond donors (Lipinski definition) is 1. The molecule has 4 rings (SSSR count). The summed E-state index contributed by atoms with van der Waals surface area (Å²) in [5, 5.41) is 10.8. The van der Waals surface area contributed by atoms with Crippen LogP contribution in [-0.4, -0.2) is 46.0 Å². The molecule has 1 aromatic rings. The number of carbonyl (C=O) groups is 1. The fraction of sp³-hybridized carbons (Fsp3) is 0.474. The van der Waals surface area contributed by atoms with E-state index in [0.717, 1.165) is 31.8 Å². The van der Waals surface area contributed by atoms with Gasteiger partial charge in [0.1, 0.15) is 36.2 Å². The van der Waals surface area contributed by atoms with E-state index in [1.807, 2.05) is 19.1 Å². The van der Waals surface area contributed by atoms with Gasteiger partial charge in [0.2, 0.25) is 0 Å². The highest BCUT2D eigenvalue weighted by Crippen LogP contribution is 2.38. The maximum absolute atomic E-state index is 12.5. The Labute approximate surface area is 141 Å². The summed E-state index contributed by atoms with van der Waals surface area (Å²) in [5.41, 5.74) is 1.85. The minimum absolute atomic E-state index is 0.368. The maximum atomic E-state index is 12.5. The van der Waals surface area contributed by atoms with Crippen molar-refractivity contribution in [1.29, 1.82) is 0 Å². The lowest BCUT2D eigenvalue weighted by molar-refractivity contribution is -0.518. The first-order valence-electron chi connectivity index (χ1n) is 8.75. The van der Waals surface area contributed by atoms with Crippen molar-refractivity contribution in [3.63, 3.8) is 0 Å². The number of hydrogen-bond acceptors (Lipinski definition) is 4. The summed E-state index contributed by atoms with van der Waals surface area (Å²) in [6, 6.07) is 7.20. The molecule has 0 aliphatic carbocycles. The number of amidine groups is 1. The lowest BCUT2D eigenvalue weighted by Gasteiger charge is -2.25. The lowest BCUT2D eigenvalue weighted by atomic mass is 9.96. The van der Waals surface area contributed by atoms with Gasteiger partial charge in [0.05, 0.1) is 6.54 Å². The van der Waals surface area contributed by atoms with Crippen LogP contribution in [0.1, 0.15) is 44.3 Å². The van der Waals surface area contributed by atoms with Crippen LogP contribution >= 0.6 is 0 Å². The van der Waals surface area contributed by atoms with Crippen LogP contribution in [0.2, 0.25) is 0 Å². The van der Waals surface area contributed by atoms with E-state index in [4.69, 9.17) is 4.74 Å². The molecule has 0 spiro atoms. The molecule has 24 heavy (non-hydrogen) atoms. The molecular formula is C19H23N2O3+. The zero-order valence-corrected chi connectivity index (χ0v) is 14.0. The molecule has 1 unspecified atom stereocenters. The first-order chi connectivity index (χ1) is 11.7. The fourth-order valence-electron chi connectivity index (χ4n) is 4.02. The zero-order valence-electron chi connectivity index (χ0n) is 14.0. The number of aliphatic hydroxyl groups is 1. The number of benzene rings is 1. The third-order valence-electron chi connectivity index (χ3n) is 5.30. The van der Waals surface area contributed by atoms with E-state index in [9.17, 15) is 9.90 Å². The molecule has 5 heteroatoms. The summed E-state index contributed by atoms with van der Waals surface area (Å²) in [6.45, 7) is 4.87. The van der Waals surface area contributed by atoms with E-state index in [1.54, 1.807) is 12.1 Å². The first-order valence-corrected chi connectivity index (χ1v) is 8.75.